The van der Waals surface area contributed by atoms with Gasteiger partial charge in [-0.25, -0.2) is 0 Å². The van der Waals surface area contributed by atoms with Crippen LogP contribution in [0.3, 0.4) is 0 Å². The minimum Gasteiger partial charge on any atom is -0.328 e. The van der Waals surface area contributed by atoms with Gasteiger partial charge in [0.15, 0.2) is 0 Å². The summed E-state index contributed by atoms with van der Waals surface area (Å²) in [6, 6.07) is 9.49. The molecule has 0 heterocycles. The molecule has 1 unspecified atom stereocenters. The van der Waals surface area contributed by atoms with Crippen LogP contribution in [0.15, 0.2) is 28.7 Å². The number of halogens is 1. The monoisotopic (exact) mass is 296 g/mol. The van der Waals surface area contributed by atoms with E-state index < -0.39 is 0 Å². The van der Waals surface area contributed by atoms with Crippen molar-refractivity contribution in [1.29, 1.82) is 0 Å². The minimum atomic E-state index is 0.422. The van der Waals surface area contributed by atoms with Crippen molar-refractivity contribution in [2.45, 2.75) is 37.8 Å². The maximum absolute atomic E-state index is 5.97. The molecular weight excluding hydrogens is 276 g/mol. The second-order valence-corrected chi connectivity index (χ2v) is 5.91. The number of rotatable bonds is 3. The standard InChI is InChI=1S/C14H21BrN2/c1-17-14(10-5-7-13(16)8-6-10)11-3-2-4-12(15)9-11/h2-4,9-10,13-14,17H,5-8,16H2,1H3. The molecule has 3 heteroatoms. The van der Waals surface area contributed by atoms with Crippen LogP contribution < -0.4 is 11.1 Å². The van der Waals surface area contributed by atoms with Gasteiger partial charge in [-0.2, -0.15) is 0 Å². The fourth-order valence-electron chi connectivity index (χ4n) is 2.85. The highest BCUT2D eigenvalue weighted by Crippen LogP contribution is 2.34. The van der Waals surface area contributed by atoms with Crippen molar-refractivity contribution < 1.29 is 0 Å². The number of nitrogens with one attached hydrogen (secondary N) is 1. The molecule has 0 aliphatic heterocycles. The summed E-state index contributed by atoms with van der Waals surface area (Å²) in [7, 11) is 2.06. The summed E-state index contributed by atoms with van der Waals surface area (Å²) in [5, 5.41) is 3.47. The molecule has 1 fully saturated rings. The maximum Gasteiger partial charge on any atom is 0.0346 e. The second-order valence-electron chi connectivity index (χ2n) is 5.00. The zero-order chi connectivity index (χ0) is 12.3. The average Bonchev–Trinajstić information content (AvgIpc) is 2.33. The third-order valence-electron chi connectivity index (χ3n) is 3.81. The molecule has 0 radical (unpaired) electrons. The first kappa shape index (κ1) is 13.1. The van der Waals surface area contributed by atoms with Crippen LogP contribution in [0.4, 0.5) is 0 Å². The quantitative estimate of drug-likeness (QED) is 0.899. The Labute approximate surface area is 112 Å². The van der Waals surface area contributed by atoms with Gasteiger partial charge < -0.3 is 11.1 Å². The van der Waals surface area contributed by atoms with Gasteiger partial charge in [-0.05, 0) is 56.3 Å². The second kappa shape index (κ2) is 5.98. The van der Waals surface area contributed by atoms with E-state index in [4.69, 9.17) is 5.73 Å². The zero-order valence-electron chi connectivity index (χ0n) is 10.3. The molecule has 1 aromatic carbocycles. The van der Waals surface area contributed by atoms with Gasteiger partial charge in [0.25, 0.3) is 0 Å². The third-order valence-corrected chi connectivity index (χ3v) is 4.30. The molecule has 1 aliphatic carbocycles. The van der Waals surface area contributed by atoms with Crippen molar-refractivity contribution in [2.24, 2.45) is 11.7 Å². The average molecular weight is 297 g/mol. The number of hydrogen-bond donors (Lipinski definition) is 2. The first-order valence-corrected chi connectivity index (χ1v) is 7.18. The number of hydrogen-bond acceptors (Lipinski definition) is 2. The van der Waals surface area contributed by atoms with Crippen LogP contribution in [0, 0.1) is 5.92 Å². The molecule has 2 nitrogen and oxygen atoms in total. The van der Waals surface area contributed by atoms with Gasteiger partial charge >= 0.3 is 0 Å². The topological polar surface area (TPSA) is 38.0 Å². The van der Waals surface area contributed by atoms with E-state index in [1.165, 1.54) is 18.4 Å². The van der Waals surface area contributed by atoms with Crippen LogP contribution in [-0.2, 0) is 0 Å². The van der Waals surface area contributed by atoms with Crippen molar-refractivity contribution in [3.05, 3.63) is 34.3 Å². The number of benzene rings is 1. The van der Waals surface area contributed by atoms with E-state index in [-0.39, 0.29) is 0 Å². The van der Waals surface area contributed by atoms with Crippen LogP contribution >= 0.6 is 15.9 Å². The predicted molar refractivity (Wildman–Crippen MR) is 75.9 cm³/mol. The molecule has 1 saturated carbocycles. The highest BCUT2D eigenvalue weighted by Gasteiger charge is 2.26. The van der Waals surface area contributed by atoms with E-state index in [0.29, 0.717) is 18.0 Å². The lowest BCUT2D eigenvalue weighted by molar-refractivity contribution is 0.262. The van der Waals surface area contributed by atoms with Gasteiger partial charge in [0, 0.05) is 16.6 Å². The summed E-state index contributed by atoms with van der Waals surface area (Å²) in [5.41, 5.74) is 7.35. The Bertz CT molecular complexity index is 359. The van der Waals surface area contributed by atoms with Crippen LogP contribution in [0.5, 0.6) is 0 Å². The van der Waals surface area contributed by atoms with Crippen molar-refractivity contribution in [3.63, 3.8) is 0 Å². The molecule has 1 aromatic rings. The van der Waals surface area contributed by atoms with Crippen LogP contribution in [0.1, 0.15) is 37.3 Å². The first-order chi connectivity index (χ1) is 8.20. The van der Waals surface area contributed by atoms with E-state index in [9.17, 15) is 0 Å². The first-order valence-electron chi connectivity index (χ1n) is 6.39. The van der Waals surface area contributed by atoms with E-state index >= 15 is 0 Å². The highest BCUT2D eigenvalue weighted by atomic mass is 79.9. The van der Waals surface area contributed by atoms with Crippen molar-refractivity contribution in [3.8, 4) is 0 Å². The van der Waals surface area contributed by atoms with E-state index in [2.05, 4.69) is 52.6 Å². The van der Waals surface area contributed by atoms with E-state index in [1.54, 1.807) is 0 Å². The summed E-state index contributed by atoms with van der Waals surface area (Å²) < 4.78 is 1.16. The highest BCUT2D eigenvalue weighted by molar-refractivity contribution is 9.10. The van der Waals surface area contributed by atoms with Gasteiger partial charge in [-0.15, -0.1) is 0 Å². The molecule has 0 spiro atoms. The van der Waals surface area contributed by atoms with Gasteiger partial charge in [-0.1, -0.05) is 28.1 Å². The fourth-order valence-corrected chi connectivity index (χ4v) is 3.27. The molecule has 2 rings (SSSR count). The van der Waals surface area contributed by atoms with Gasteiger partial charge in [-0.3, -0.25) is 0 Å². The van der Waals surface area contributed by atoms with Gasteiger partial charge in [0.2, 0.25) is 0 Å². The summed E-state index contributed by atoms with van der Waals surface area (Å²) in [4.78, 5) is 0. The van der Waals surface area contributed by atoms with Crippen LogP contribution in [-0.4, -0.2) is 13.1 Å². The Morgan fingerprint density at radius 1 is 1.29 bits per heavy atom. The molecule has 3 N–H and O–H groups in total. The van der Waals surface area contributed by atoms with E-state index in [0.717, 1.165) is 17.3 Å². The fraction of sp³-hybridized carbons (Fsp3) is 0.571. The van der Waals surface area contributed by atoms with Crippen molar-refractivity contribution >= 4 is 15.9 Å². The molecule has 17 heavy (non-hydrogen) atoms. The normalized spacial score (nSPS) is 26.8. The molecule has 0 saturated heterocycles. The van der Waals surface area contributed by atoms with Crippen LogP contribution in [0.2, 0.25) is 0 Å². The largest absolute Gasteiger partial charge is 0.328 e. The van der Waals surface area contributed by atoms with E-state index in [1.807, 2.05) is 0 Å². The number of nitrogens with two attached hydrogens (primary N) is 1. The zero-order valence-corrected chi connectivity index (χ0v) is 11.9. The third kappa shape index (κ3) is 3.30. The maximum atomic E-state index is 5.97. The molecular formula is C14H21BrN2. The Morgan fingerprint density at radius 2 is 2.00 bits per heavy atom. The van der Waals surface area contributed by atoms with Gasteiger partial charge in [0.1, 0.15) is 0 Å². The van der Waals surface area contributed by atoms with Crippen LogP contribution in [0.25, 0.3) is 0 Å². The summed E-state index contributed by atoms with van der Waals surface area (Å²) >= 11 is 3.55. The van der Waals surface area contributed by atoms with Crippen molar-refractivity contribution in [2.75, 3.05) is 7.05 Å². The van der Waals surface area contributed by atoms with Crippen molar-refractivity contribution in [1.82, 2.24) is 5.32 Å². The van der Waals surface area contributed by atoms with Gasteiger partial charge in [0.05, 0.1) is 0 Å². The Morgan fingerprint density at radius 3 is 2.59 bits per heavy atom. The molecule has 0 aromatic heterocycles. The Kier molecular flexibility index (Phi) is 4.60. The summed E-state index contributed by atoms with van der Waals surface area (Å²) in [6.45, 7) is 0. The molecule has 1 aliphatic rings. The Hall–Kier alpha value is -0.380. The minimum absolute atomic E-state index is 0.422. The summed E-state index contributed by atoms with van der Waals surface area (Å²) in [6.07, 6.45) is 4.80. The predicted octanol–water partition coefficient (Wildman–Crippen LogP) is 3.23. The SMILES string of the molecule is CNC(c1cccc(Br)c1)C1CCC(N)CC1. The molecule has 0 bridgehead atoms. The molecule has 0 amide bonds. The molecule has 94 valence electrons. The Balaban J connectivity index is 2.10. The lowest BCUT2D eigenvalue weighted by Gasteiger charge is -2.32. The lowest BCUT2D eigenvalue weighted by Crippen LogP contribution is -2.33. The molecule has 1 atom stereocenters. The lowest BCUT2D eigenvalue weighted by atomic mass is 9.79. The smallest absolute Gasteiger partial charge is 0.0346 e. The summed E-state index contributed by atoms with van der Waals surface area (Å²) in [5.74, 6) is 0.717.